The van der Waals surface area contributed by atoms with Crippen molar-refractivity contribution in [3.63, 3.8) is 0 Å². The van der Waals surface area contributed by atoms with Crippen molar-refractivity contribution in [3.05, 3.63) is 5.69 Å². The molecule has 1 aliphatic carbocycles. The van der Waals surface area contributed by atoms with E-state index in [0.29, 0.717) is 12.1 Å². The largest absolute Gasteiger partial charge is 0.394 e. The number of aryl methyl sites for hydroxylation is 1. The summed E-state index contributed by atoms with van der Waals surface area (Å²) in [5.41, 5.74) is 7.91. The quantitative estimate of drug-likeness (QED) is 0.871. The van der Waals surface area contributed by atoms with Crippen molar-refractivity contribution >= 4 is 11.5 Å². The first-order valence-electron chi connectivity index (χ1n) is 7.64. The lowest BCUT2D eigenvalue weighted by atomic mass is 9.84. The molecule has 0 aliphatic heterocycles. The van der Waals surface area contributed by atoms with Crippen LogP contribution in [0.15, 0.2) is 0 Å². The third kappa shape index (κ3) is 3.04. The average Bonchev–Trinajstić information content (AvgIpc) is 2.68. The zero-order chi connectivity index (χ0) is 14.0. The maximum atomic E-state index is 6.17. The molecule has 0 aromatic carbocycles. The van der Waals surface area contributed by atoms with Crippen molar-refractivity contribution in [1.29, 1.82) is 0 Å². The lowest BCUT2D eigenvalue weighted by molar-refractivity contribution is 0.329. The van der Waals surface area contributed by atoms with Gasteiger partial charge in [-0.2, -0.15) is 5.10 Å². The number of hydrogen-bond acceptors (Lipinski definition) is 3. The molecule has 2 rings (SSSR count). The maximum absolute atomic E-state index is 6.17. The number of anilines is 2. The average molecular weight is 264 g/mol. The van der Waals surface area contributed by atoms with Gasteiger partial charge in [-0.25, -0.2) is 4.68 Å². The molecule has 1 aromatic heterocycles. The fraction of sp³-hybridized carbons (Fsp3) is 0.800. The highest BCUT2D eigenvalue weighted by Crippen LogP contribution is 2.31. The first-order chi connectivity index (χ1) is 9.02. The Morgan fingerprint density at radius 1 is 1.32 bits per heavy atom. The van der Waals surface area contributed by atoms with E-state index in [4.69, 9.17) is 5.73 Å². The van der Waals surface area contributed by atoms with Crippen LogP contribution in [0.3, 0.4) is 0 Å². The minimum atomic E-state index is 0.338. The molecule has 1 aromatic rings. The summed E-state index contributed by atoms with van der Waals surface area (Å²) in [4.78, 5) is 0. The van der Waals surface area contributed by atoms with Crippen molar-refractivity contribution in [2.75, 3.05) is 11.1 Å². The normalized spacial score (nSPS) is 23.8. The second-order valence-electron chi connectivity index (χ2n) is 6.16. The fourth-order valence-electron chi connectivity index (χ4n) is 2.99. The van der Waals surface area contributed by atoms with E-state index in [-0.39, 0.29) is 0 Å². The van der Waals surface area contributed by atoms with E-state index < -0.39 is 0 Å². The topological polar surface area (TPSA) is 55.9 Å². The smallest absolute Gasteiger partial charge is 0.148 e. The molecular formula is C15H28N4. The number of nitrogens with zero attached hydrogens (tertiary/aromatic N) is 2. The molecule has 108 valence electrons. The molecule has 0 amide bonds. The summed E-state index contributed by atoms with van der Waals surface area (Å²) in [6.45, 7) is 8.57. The lowest BCUT2D eigenvalue weighted by Crippen LogP contribution is -2.27. The lowest BCUT2D eigenvalue weighted by Gasteiger charge is -2.29. The fourth-order valence-corrected chi connectivity index (χ4v) is 2.99. The van der Waals surface area contributed by atoms with Gasteiger partial charge < -0.3 is 11.1 Å². The predicted molar refractivity (Wildman–Crippen MR) is 81.4 cm³/mol. The number of rotatable bonds is 4. The van der Waals surface area contributed by atoms with Crippen molar-refractivity contribution in [2.24, 2.45) is 5.92 Å². The van der Waals surface area contributed by atoms with Gasteiger partial charge in [-0.1, -0.05) is 13.3 Å². The van der Waals surface area contributed by atoms with E-state index in [1.807, 2.05) is 11.6 Å². The molecule has 0 spiro atoms. The Bertz CT molecular complexity index is 414. The Kier molecular flexibility index (Phi) is 4.38. The van der Waals surface area contributed by atoms with Crippen LogP contribution >= 0.6 is 0 Å². The summed E-state index contributed by atoms with van der Waals surface area (Å²) in [7, 11) is 0. The molecule has 3 N–H and O–H groups in total. The van der Waals surface area contributed by atoms with Crippen molar-refractivity contribution < 1.29 is 0 Å². The van der Waals surface area contributed by atoms with Gasteiger partial charge in [0.05, 0.1) is 11.4 Å². The zero-order valence-electron chi connectivity index (χ0n) is 12.7. The van der Waals surface area contributed by atoms with E-state index >= 15 is 0 Å². The van der Waals surface area contributed by atoms with E-state index in [0.717, 1.165) is 23.1 Å². The van der Waals surface area contributed by atoms with Crippen LogP contribution in [0.25, 0.3) is 0 Å². The van der Waals surface area contributed by atoms with Crippen LogP contribution in [0, 0.1) is 12.8 Å². The van der Waals surface area contributed by atoms with Crippen LogP contribution in [0.1, 0.15) is 64.6 Å². The molecule has 4 heteroatoms. The number of nitrogen functional groups attached to an aromatic ring is 1. The van der Waals surface area contributed by atoms with Gasteiger partial charge in [0, 0.05) is 12.1 Å². The standard InChI is InChI=1S/C15H28N4/c1-5-12-6-8-13(9-7-12)17-15-14(16)11(4)18-19(15)10(2)3/h10,12-13,17H,5-9,16H2,1-4H3. The minimum Gasteiger partial charge on any atom is -0.394 e. The second kappa shape index (κ2) is 5.85. The van der Waals surface area contributed by atoms with Gasteiger partial charge in [-0.3, -0.25) is 0 Å². The Balaban J connectivity index is 2.07. The summed E-state index contributed by atoms with van der Waals surface area (Å²) >= 11 is 0. The van der Waals surface area contributed by atoms with Crippen LogP contribution < -0.4 is 11.1 Å². The molecule has 1 heterocycles. The van der Waals surface area contributed by atoms with Gasteiger partial charge in [-0.15, -0.1) is 0 Å². The van der Waals surface area contributed by atoms with Gasteiger partial charge in [0.15, 0.2) is 0 Å². The third-order valence-electron chi connectivity index (χ3n) is 4.39. The molecule has 1 aliphatic rings. The molecule has 0 radical (unpaired) electrons. The summed E-state index contributed by atoms with van der Waals surface area (Å²) in [6.07, 6.45) is 6.49. The Morgan fingerprint density at radius 2 is 1.95 bits per heavy atom. The van der Waals surface area contributed by atoms with Crippen LogP contribution in [-0.4, -0.2) is 15.8 Å². The van der Waals surface area contributed by atoms with Crippen molar-refractivity contribution in [3.8, 4) is 0 Å². The molecule has 0 bridgehead atoms. The molecule has 0 unspecified atom stereocenters. The first-order valence-corrected chi connectivity index (χ1v) is 7.64. The van der Waals surface area contributed by atoms with Crippen LogP contribution in [-0.2, 0) is 0 Å². The Labute approximate surface area is 116 Å². The molecule has 1 saturated carbocycles. The van der Waals surface area contributed by atoms with E-state index in [1.54, 1.807) is 0 Å². The minimum absolute atomic E-state index is 0.338. The van der Waals surface area contributed by atoms with Gasteiger partial charge in [0.2, 0.25) is 0 Å². The first kappa shape index (κ1) is 14.2. The summed E-state index contributed by atoms with van der Waals surface area (Å²) < 4.78 is 2.02. The molecular weight excluding hydrogens is 236 g/mol. The van der Waals surface area contributed by atoms with Crippen LogP contribution in [0.5, 0.6) is 0 Å². The number of nitrogens with one attached hydrogen (secondary N) is 1. The van der Waals surface area contributed by atoms with Crippen molar-refractivity contribution in [2.45, 2.75) is 71.9 Å². The van der Waals surface area contributed by atoms with Gasteiger partial charge in [0.1, 0.15) is 5.82 Å². The van der Waals surface area contributed by atoms with Crippen molar-refractivity contribution in [1.82, 2.24) is 9.78 Å². The number of aromatic nitrogens is 2. The molecule has 1 fully saturated rings. The van der Waals surface area contributed by atoms with Gasteiger partial charge >= 0.3 is 0 Å². The maximum Gasteiger partial charge on any atom is 0.148 e. The Hall–Kier alpha value is -1.19. The van der Waals surface area contributed by atoms with E-state index in [9.17, 15) is 0 Å². The summed E-state index contributed by atoms with van der Waals surface area (Å²) in [6, 6.07) is 0.893. The monoisotopic (exact) mass is 264 g/mol. The van der Waals surface area contributed by atoms with Crippen LogP contribution in [0.4, 0.5) is 11.5 Å². The van der Waals surface area contributed by atoms with Gasteiger partial charge in [-0.05, 0) is 52.4 Å². The molecule has 19 heavy (non-hydrogen) atoms. The molecule has 4 nitrogen and oxygen atoms in total. The van der Waals surface area contributed by atoms with Gasteiger partial charge in [0.25, 0.3) is 0 Å². The summed E-state index contributed by atoms with van der Waals surface area (Å²) in [5.74, 6) is 1.94. The highest BCUT2D eigenvalue weighted by atomic mass is 15.4. The third-order valence-corrected chi connectivity index (χ3v) is 4.39. The number of nitrogens with two attached hydrogens (primary N) is 1. The van der Waals surface area contributed by atoms with E-state index in [1.165, 1.54) is 32.1 Å². The molecule has 0 saturated heterocycles. The summed E-state index contributed by atoms with van der Waals surface area (Å²) in [5, 5.41) is 8.18. The Morgan fingerprint density at radius 3 is 2.47 bits per heavy atom. The number of hydrogen-bond donors (Lipinski definition) is 2. The van der Waals surface area contributed by atoms with E-state index in [2.05, 4.69) is 31.2 Å². The highest BCUT2D eigenvalue weighted by molar-refractivity contribution is 5.65. The second-order valence-corrected chi connectivity index (χ2v) is 6.16. The SMILES string of the molecule is CCC1CCC(Nc2c(N)c(C)nn2C(C)C)CC1. The van der Waals surface area contributed by atoms with Crippen LogP contribution in [0.2, 0.25) is 0 Å². The molecule has 0 atom stereocenters. The highest BCUT2D eigenvalue weighted by Gasteiger charge is 2.23. The zero-order valence-corrected chi connectivity index (χ0v) is 12.7. The predicted octanol–water partition coefficient (Wildman–Crippen LogP) is 3.74.